The third kappa shape index (κ3) is 4.90. The van der Waals surface area contributed by atoms with Crippen LogP contribution in [0.1, 0.15) is 31.8 Å². The summed E-state index contributed by atoms with van der Waals surface area (Å²) in [5.74, 6) is -1.15. The molecule has 0 amide bonds. The highest BCUT2D eigenvalue weighted by Gasteiger charge is 2.18. The third-order valence-corrected chi connectivity index (χ3v) is 4.77. The maximum atomic E-state index is 14.7. The van der Waals surface area contributed by atoms with Crippen molar-refractivity contribution in [3.05, 3.63) is 40.0 Å². The van der Waals surface area contributed by atoms with Gasteiger partial charge in [0, 0.05) is 13.7 Å². The first kappa shape index (κ1) is 22.4. The van der Waals surface area contributed by atoms with Gasteiger partial charge in [-0.2, -0.15) is 9.37 Å². The monoisotopic (exact) mass is 437 g/mol. The normalized spacial score (nSPS) is 12.6. The van der Waals surface area contributed by atoms with Crippen LogP contribution in [0.15, 0.2) is 20.0 Å². The Morgan fingerprint density at radius 2 is 2.10 bits per heavy atom. The second-order valence-corrected chi connectivity index (χ2v) is 7.29. The van der Waals surface area contributed by atoms with Crippen molar-refractivity contribution in [3.63, 3.8) is 0 Å². The average molecular weight is 437 g/mol. The van der Waals surface area contributed by atoms with Gasteiger partial charge in [-0.15, -0.1) is 0 Å². The van der Waals surface area contributed by atoms with Crippen molar-refractivity contribution in [3.8, 4) is 0 Å². The zero-order chi connectivity index (χ0) is 22.7. The van der Waals surface area contributed by atoms with Gasteiger partial charge in [-0.25, -0.2) is 9.78 Å². The number of aromatic nitrogens is 4. The third-order valence-electron chi connectivity index (χ3n) is 4.77. The maximum absolute atomic E-state index is 14.7. The molecule has 1 unspecified atom stereocenters. The number of aryl methyl sites for hydroxylation is 2. The molecule has 0 saturated heterocycles. The molecule has 0 spiro atoms. The van der Waals surface area contributed by atoms with Gasteiger partial charge in [-0.1, -0.05) is 13.8 Å². The number of fused-ring (bicyclic) bond motifs is 1. The molecule has 0 aliphatic heterocycles. The Labute approximate surface area is 175 Å². The van der Waals surface area contributed by atoms with Crippen molar-refractivity contribution in [2.24, 2.45) is 5.92 Å². The Bertz CT molecular complexity index is 1190. The van der Waals surface area contributed by atoms with Gasteiger partial charge in [0.15, 0.2) is 22.4 Å². The first-order valence-electron chi connectivity index (χ1n) is 9.65. The summed E-state index contributed by atoms with van der Waals surface area (Å²) in [4.78, 5) is 30.9. The maximum Gasteiger partial charge on any atom is 0.519 e. The molecule has 31 heavy (non-hydrogen) atoms. The van der Waals surface area contributed by atoms with Gasteiger partial charge in [-0.3, -0.25) is 14.8 Å². The fraction of sp³-hybridized carbons (Fsp3) is 0.526. The van der Waals surface area contributed by atoms with E-state index in [4.69, 9.17) is 23.7 Å². The minimum Gasteiger partial charge on any atom is -0.463 e. The summed E-state index contributed by atoms with van der Waals surface area (Å²) in [7, 11) is 1.51. The van der Waals surface area contributed by atoms with Crippen LogP contribution in [0.2, 0.25) is 0 Å². The molecule has 11 nitrogen and oxygen atoms in total. The molecule has 12 heteroatoms. The molecule has 168 valence electrons. The molecule has 0 fully saturated rings. The van der Waals surface area contributed by atoms with Crippen LogP contribution in [0.3, 0.4) is 0 Å². The summed E-state index contributed by atoms with van der Waals surface area (Å²) >= 11 is 0. The summed E-state index contributed by atoms with van der Waals surface area (Å²) in [6.07, 6.45) is 0.617. The van der Waals surface area contributed by atoms with Gasteiger partial charge < -0.3 is 22.9 Å². The van der Waals surface area contributed by atoms with Gasteiger partial charge in [0.25, 0.3) is 6.08 Å². The molecule has 3 aromatic heterocycles. The van der Waals surface area contributed by atoms with Crippen LogP contribution in [-0.4, -0.2) is 44.9 Å². The number of esters is 1. The quantitative estimate of drug-likeness (QED) is 0.391. The van der Waals surface area contributed by atoms with E-state index in [1.165, 1.54) is 20.4 Å². The smallest absolute Gasteiger partial charge is 0.463 e. The zero-order valence-corrected chi connectivity index (χ0v) is 17.7. The van der Waals surface area contributed by atoms with E-state index in [0.717, 1.165) is 4.57 Å². The molecular weight excluding hydrogens is 413 g/mol. The summed E-state index contributed by atoms with van der Waals surface area (Å²) < 4.78 is 37.4. The minimum atomic E-state index is -0.934. The lowest BCUT2D eigenvalue weighted by Crippen LogP contribution is -2.26. The predicted molar refractivity (Wildman–Crippen MR) is 104 cm³/mol. The van der Waals surface area contributed by atoms with Crippen LogP contribution in [-0.2, 0) is 27.4 Å². The van der Waals surface area contributed by atoms with Crippen molar-refractivity contribution in [1.82, 2.24) is 19.1 Å². The van der Waals surface area contributed by atoms with Crippen molar-refractivity contribution in [2.45, 2.75) is 46.4 Å². The van der Waals surface area contributed by atoms with Crippen LogP contribution >= 0.6 is 0 Å². The van der Waals surface area contributed by atoms with Crippen molar-refractivity contribution in [1.29, 1.82) is 5.41 Å². The molecule has 3 heterocycles. The lowest BCUT2D eigenvalue weighted by atomic mass is 10.2. The van der Waals surface area contributed by atoms with Gasteiger partial charge in [-0.05, 0) is 13.3 Å². The van der Waals surface area contributed by atoms with Gasteiger partial charge >= 0.3 is 11.8 Å². The molecule has 1 N–H and O–H groups in total. The van der Waals surface area contributed by atoms with E-state index < -0.39 is 11.9 Å². The van der Waals surface area contributed by atoms with Crippen LogP contribution in [0.4, 0.5) is 4.39 Å². The van der Waals surface area contributed by atoms with Crippen LogP contribution in [0, 0.1) is 24.3 Å². The fourth-order valence-electron chi connectivity index (χ4n) is 2.89. The summed E-state index contributed by atoms with van der Waals surface area (Å²) in [5, 5.41) is 8.30. The molecule has 0 aromatic carbocycles. The van der Waals surface area contributed by atoms with E-state index in [9.17, 15) is 14.0 Å². The van der Waals surface area contributed by atoms with Crippen molar-refractivity contribution in [2.75, 3.05) is 13.7 Å². The molecule has 0 aliphatic rings. The van der Waals surface area contributed by atoms with Crippen LogP contribution < -0.4 is 11.3 Å². The predicted octanol–water partition coefficient (Wildman–Crippen LogP) is 1.36. The minimum absolute atomic E-state index is 0.0981. The molecule has 0 saturated carbocycles. The Morgan fingerprint density at radius 1 is 1.35 bits per heavy atom. The summed E-state index contributed by atoms with van der Waals surface area (Å²) in [5.41, 5.74) is 0.155. The van der Waals surface area contributed by atoms with Gasteiger partial charge in [0.05, 0.1) is 24.9 Å². The topological polar surface area (TPSA) is 138 Å². The summed E-state index contributed by atoms with van der Waals surface area (Å²) in [6.45, 7) is 5.22. The van der Waals surface area contributed by atoms with E-state index >= 15 is 0 Å². The average Bonchev–Trinajstić information content (AvgIpc) is 3.26. The SMILES string of the molecule is COC(CCn1cnc2c(=N)n(Cc3oc(=O)oc3C)c(F)nc21)COC(=O)C(C)C. The van der Waals surface area contributed by atoms with Gasteiger partial charge in [0.2, 0.25) is 0 Å². The summed E-state index contributed by atoms with van der Waals surface area (Å²) in [6, 6.07) is 0. The number of methoxy groups -OCH3 is 1. The van der Waals surface area contributed by atoms with E-state index in [-0.39, 0.29) is 59.3 Å². The van der Waals surface area contributed by atoms with E-state index in [1.54, 1.807) is 18.4 Å². The van der Waals surface area contributed by atoms with E-state index in [1.807, 2.05) is 0 Å². The molecule has 3 aromatic rings. The zero-order valence-electron chi connectivity index (χ0n) is 17.7. The number of carbonyl (C=O) groups is 1. The molecular formula is C19H24FN5O6. The standard InChI is InChI=1S/C19H24FN5O6/c1-10(2)17(26)29-8-12(28-4)5-6-24-9-22-14-15(21)25(18(20)23-16(14)24)7-13-11(3)30-19(27)31-13/h9-10,12,21H,5-8H2,1-4H3. The Morgan fingerprint density at radius 3 is 2.71 bits per heavy atom. The number of carbonyl (C=O) groups excluding carboxylic acids is 1. The lowest BCUT2D eigenvalue weighted by Gasteiger charge is -2.16. The largest absolute Gasteiger partial charge is 0.519 e. The molecule has 0 radical (unpaired) electrons. The van der Waals surface area contributed by atoms with Gasteiger partial charge in [0.1, 0.15) is 12.4 Å². The number of hydrogen-bond acceptors (Lipinski definition) is 9. The Kier molecular flexibility index (Phi) is 6.68. The lowest BCUT2D eigenvalue weighted by molar-refractivity contribution is -0.151. The van der Waals surface area contributed by atoms with Crippen LogP contribution in [0.25, 0.3) is 11.2 Å². The number of halogens is 1. The highest BCUT2D eigenvalue weighted by atomic mass is 19.1. The number of rotatable bonds is 9. The number of nitrogens with zero attached hydrogens (tertiary/aromatic N) is 4. The second-order valence-electron chi connectivity index (χ2n) is 7.29. The first-order valence-corrected chi connectivity index (χ1v) is 9.65. The van der Waals surface area contributed by atoms with Crippen LogP contribution in [0.5, 0.6) is 0 Å². The highest BCUT2D eigenvalue weighted by Crippen LogP contribution is 2.12. The highest BCUT2D eigenvalue weighted by molar-refractivity contribution is 5.71. The van der Waals surface area contributed by atoms with E-state index in [2.05, 4.69) is 9.97 Å². The molecule has 1 atom stereocenters. The number of hydrogen-bond donors (Lipinski definition) is 1. The first-order chi connectivity index (χ1) is 14.7. The Balaban J connectivity index is 1.78. The Hall–Kier alpha value is -3.28. The number of imidazole rings is 1. The second kappa shape index (κ2) is 9.25. The van der Waals surface area contributed by atoms with Crippen molar-refractivity contribution < 1.29 is 27.5 Å². The van der Waals surface area contributed by atoms with Crippen molar-refractivity contribution >= 4 is 17.1 Å². The molecule has 0 bridgehead atoms. The number of nitrogens with one attached hydrogen (secondary N) is 1. The molecule has 0 aliphatic carbocycles. The number of ether oxygens (including phenoxy) is 2. The molecule has 3 rings (SSSR count). The van der Waals surface area contributed by atoms with E-state index in [0.29, 0.717) is 13.0 Å². The fourth-order valence-corrected chi connectivity index (χ4v) is 2.89.